The fourth-order valence-electron chi connectivity index (χ4n) is 2.51. The molecular weight excluding hydrogens is 308 g/mol. The average Bonchev–Trinajstić information content (AvgIpc) is 2.63. The van der Waals surface area contributed by atoms with Crippen molar-refractivity contribution in [3.63, 3.8) is 0 Å². The first-order valence-electron chi connectivity index (χ1n) is 7.92. The van der Waals surface area contributed by atoms with Crippen LogP contribution in [0.3, 0.4) is 0 Å². The third-order valence-corrected chi connectivity index (χ3v) is 3.75. The summed E-state index contributed by atoms with van der Waals surface area (Å²) < 4.78 is 15.5. The van der Waals surface area contributed by atoms with Gasteiger partial charge in [-0.25, -0.2) is 4.98 Å². The molecule has 1 aromatic carbocycles. The topological polar surface area (TPSA) is 60.9 Å². The van der Waals surface area contributed by atoms with Gasteiger partial charge in [-0.15, -0.1) is 0 Å². The molecule has 0 unspecified atom stereocenters. The van der Waals surface area contributed by atoms with Gasteiger partial charge in [-0.3, -0.25) is 4.79 Å². The van der Waals surface area contributed by atoms with E-state index in [-0.39, 0.29) is 5.91 Å². The van der Waals surface area contributed by atoms with Crippen molar-refractivity contribution < 1.29 is 19.0 Å². The van der Waals surface area contributed by atoms with E-state index in [4.69, 9.17) is 14.2 Å². The van der Waals surface area contributed by atoms with E-state index in [2.05, 4.69) is 4.98 Å². The van der Waals surface area contributed by atoms with E-state index in [9.17, 15) is 4.79 Å². The molecule has 0 bridgehead atoms. The highest BCUT2D eigenvalue weighted by molar-refractivity contribution is 5.98. The van der Waals surface area contributed by atoms with Crippen LogP contribution in [0, 0.1) is 0 Å². The molecule has 0 saturated heterocycles. The number of benzene rings is 1. The molecule has 2 rings (SSSR count). The van der Waals surface area contributed by atoms with Gasteiger partial charge in [0.2, 0.25) is 5.88 Å². The average molecular weight is 332 g/mol. The number of nitrogens with zero attached hydrogens (tertiary/aromatic N) is 2. The molecule has 1 aromatic heterocycles. The maximum Gasteiger partial charge on any atom is 0.272 e. The van der Waals surface area contributed by atoms with Gasteiger partial charge in [0.05, 0.1) is 13.7 Å². The van der Waals surface area contributed by atoms with E-state index in [0.717, 1.165) is 17.2 Å². The third kappa shape index (κ3) is 4.43. The predicted molar refractivity (Wildman–Crippen MR) is 92.6 cm³/mol. The Balaban J connectivity index is 2.28. The van der Waals surface area contributed by atoms with Gasteiger partial charge in [-0.2, -0.15) is 0 Å². The first-order chi connectivity index (χ1) is 11.7. The maximum absolute atomic E-state index is 12.9. The van der Waals surface area contributed by atoms with E-state index in [0.29, 0.717) is 37.9 Å². The monoisotopic (exact) mass is 332 g/mol. The second-order valence-electron chi connectivity index (χ2n) is 5.37. The lowest BCUT2D eigenvalue weighted by Gasteiger charge is -2.22. The molecule has 0 aliphatic carbocycles. The number of methoxy groups -OCH3 is 3. The summed E-state index contributed by atoms with van der Waals surface area (Å²) in [5, 5.41) is 1.82. The highest BCUT2D eigenvalue weighted by atomic mass is 16.5. The second kappa shape index (κ2) is 9.20. The highest BCUT2D eigenvalue weighted by Gasteiger charge is 2.19. The quantitative estimate of drug-likeness (QED) is 0.660. The number of hydrogen-bond acceptors (Lipinski definition) is 5. The summed E-state index contributed by atoms with van der Waals surface area (Å²) in [6.07, 6.45) is 0.761. The molecule has 0 fully saturated rings. The number of hydrogen-bond donors (Lipinski definition) is 0. The Morgan fingerprint density at radius 3 is 2.54 bits per heavy atom. The molecule has 2 aromatic rings. The van der Waals surface area contributed by atoms with Gasteiger partial charge >= 0.3 is 0 Å². The number of pyridine rings is 1. The Bertz CT molecular complexity index is 675. The van der Waals surface area contributed by atoms with Crippen molar-refractivity contribution in [1.29, 1.82) is 0 Å². The third-order valence-electron chi connectivity index (χ3n) is 3.75. The molecule has 130 valence electrons. The Morgan fingerprint density at radius 2 is 1.83 bits per heavy atom. The van der Waals surface area contributed by atoms with Gasteiger partial charge in [0, 0.05) is 39.3 Å². The lowest BCUT2D eigenvalue weighted by molar-refractivity contribution is 0.0668. The zero-order chi connectivity index (χ0) is 17.4. The summed E-state index contributed by atoms with van der Waals surface area (Å²) in [5.41, 5.74) is 0.374. The van der Waals surface area contributed by atoms with Crippen LogP contribution in [-0.4, -0.2) is 63.4 Å². The highest BCUT2D eigenvalue weighted by Crippen LogP contribution is 2.24. The van der Waals surface area contributed by atoms with Gasteiger partial charge < -0.3 is 19.1 Å². The number of carbonyl (C=O) groups excluding carboxylic acids is 1. The molecule has 0 radical (unpaired) electrons. The van der Waals surface area contributed by atoms with Crippen LogP contribution in [0.1, 0.15) is 16.9 Å². The van der Waals surface area contributed by atoms with Gasteiger partial charge in [0.25, 0.3) is 5.91 Å². The smallest absolute Gasteiger partial charge is 0.272 e. The molecule has 0 spiro atoms. The number of aromatic nitrogens is 1. The van der Waals surface area contributed by atoms with Crippen LogP contribution in [-0.2, 0) is 9.47 Å². The first kappa shape index (κ1) is 18.2. The minimum Gasteiger partial charge on any atom is -0.481 e. The van der Waals surface area contributed by atoms with Gasteiger partial charge in [0.1, 0.15) is 5.69 Å². The number of amides is 1. The maximum atomic E-state index is 12.9. The fourth-order valence-corrected chi connectivity index (χ4v) is 2.51. The SMILES string of the molecule is COCCCN(CCOC)C(=O)c1cc2ccccc2c(OC)n1. The fraction of sp³-hybridized carbons (Fsp3) is 0.444. The lowest BCUT2D eigenvalue weighted by atomic mass is 10.1. The Morgan fingerprint density at radius 1 is 1.08 bits per heavy atom. The summed E-state index contributed by atoms with van der Waals surface area (Å²) in [6, 6.07) is 9.52. The molecule has 0 aliphatic rings. The van der Waals surface area contributed by atoms with E-state index in [1.807, 2.05) is 24.3 Å². The van der Waals surface area contributed by atoms with Crippen LogP contribution < -0.4 is 4.74 Å². The number of fused-ring (bicyclic) bond motifs is 1. The Labute approximate surface area is 142 Å². The molecule has 6 heteroatoms. The molecule has 1 amide bonds. The normalized spacial score (nSPS) is 10.8. The van der Waals surface area contributed by atoms with Crippen molar-refractivity contribution in [2.45, 2.75) is 6.42 Å². The number of rotatable bonds is 9. The van der Waals surface area contributed by atoms with Crippen LogP contribution in [0.25, 0.3) is 10.8 Å². The predicted octanol–water partition coefficient (Wildman–Crippen LogP) is 2.37. The van der Waals surface area contributed by atoms with Gasteiger partial charge in [-0.1, -0.05) is 18.2 Å². The summed E-state index contributed by atoms with van der Waals surface area (Å²) >= 11 is 0. The van der Waals surface area contributed by atoms with Crippen molar-refractivity contribution in [2.75, 3.05) is 47.6 Å². The standard InChI is InChI=1S/C18H24N2O4/c1-22-11-6-9-20(10-12-23-2)18(21)16-13-14-7-4-5-8-15(14)17(19-16)24-3/h4-5,7-8,13H,6,9-12H2,1-3H3. The van der Waals surface area contributed by atoms with Crippen LogP contribution in [0.2, 0.25) is 0 Å². The van der Waals surface area contributed by atoms with Crippen LogP contribution in [0.15, 0.2) is 30.3 Å². The van der Waals surface area contributed by atoms with Gasteiger partial charge in [0.15, 0.2) is 0 Å². The first-order valence-corrected chi connectivity index (χ1v) is 7.92. The summed E-state index contributed by atoms with van der Waals surface area (Å²) in [5.74, 6) is 0.326. The number of ether oxygens (including phenoxy) is 3. The minimum atomic E-state index is -0.132. The van der Waals surface area contributed by atoms with Crippen LogP contribution in [0.4, 0.5) is 0 Å². The van der Waals surface area contributed by atoms with Crippen molar-refractivity contribution in [3.8, 4) is 5.88 Å². The molecular formula is C18H24N2O4. The van der Waals surface area contributed by atoms with Crippen molar-refractivity contribution in [3.05, 3.63) is 36.0 Å². The zero-order valence-electron chi connectivity index (χ0n) is 14.4. The van der Waals surface area contributed by atoms with E-state index >= 15 is 0 Å². The van der Waals surface area contributed by atoms with Crippen LogP contribution in [0.5, 0.6) is 5.88 Å². The lowest BCUT2D eigenvalue weighted by Crippen LogP contribution is -2.35. The molecule has 0 saturated carbocycles. The van der Waals surface area contributed by atoms with Crippen molar-refractivity contribution in [1.82, 2.24) is 9.88 Å². The van der Waals surface area contributed by atoms with E-state index < -0.39 is 0 Å². The van der Waals surface area contributed by atoms with Crippen LogP contribution >= 0.6 is 0 Å². The van der Waals surface area contributed by atoms with Crippen molar-refractivity contribution >= 4 is 16.7 Å². The second-order valence-corrected chi connectivity index (χ2v) is 5.37. The molecule has 6 nitrogen and oxygen atoms in total. The van der Waals surface area contributed by atoms with Crippen molar-refractivity contribution in [2.24, 2.45) is 0 Å². The van der Waals surface area contributed by atoms with Gasteiger partial charge in [-0.05, 0) is 23.9 Å². The summed E-state index contributed by atoms with van der Waals surface area (Å²) in [6.45, 7) is 2.18. The summed E-state index contributed by atoms with van der Waals surface area (Å²) in [4.78, 5) is 19.0. The zero-order valence-corrected chi connectivity index (χ0v) is 14.4. The number of carbonyl (C=O) groups is 1. The molecule has 0 aliphatic heterocycles. The molecule has 1 heterocycles. The molecule has 0 N–H and O–H groups in total. The largest absolute Gasteiger partial charge is 0.481 e. The molecule has 0 atom stereocenters. The minimum absolute atomic E-state index is 0.132. The van der Waals surface area contributed by atoms with E-state index in [1.165, 1.54) is 0 Å². The van der Waals surface area contributed by atoms with E-state index in [1.54, 1.807) is 32.3 Å². The summed E-state index contributed by atoms with van der Waals surface area (Å²) in [7, 11) is 4.83. The molecule has 24 heavy (non-hydrogen) atoms. The Hall–Kier alpha value is -2.18. The Kier molecular flexibility index (Phi) is 6.96.